The Kier molecular flexibility index (Phi) is 4.73. The van der Waals surface area contributed by atoms with Crippen LogP contribution in [0, 0.1) is 0 Å². The van der Waals surface area contributed by atoms with Crippen molar-refractivity contribution >= 4 is 57.6 Å². The Morgan fingerprint density at radius 3 is 3.00 bits per heavy atom. The maximum Gasteiger partial charge on any atom is 0.307 e. The lowest BCUT2D eigenvalue weighted by atomic mass is 10.3. The van der Waals surface area contributed by atoms with Crippen LogP contribution in [0.1, 0.15) is 11.3 Å². The fourth-order valence-corrected chi connectivity index (χ4v) is 3.53. The molecule has 1 aromatic heterocycles. The van der Waals surface area contributed by atoms with Gasteiger partial charge in [-0.15, -0.1) is 11.3 Å². The zero-order chi connectivity index (χ0) is 13.8. The highest BCUT2D eigenvalue weighted by Crippen LogP contribution is 2.33. The predicted molar refractivity (Wildman–Crippen MR) is 80.8 cm³/mol. The summed E-state index contributed by atoms with van der Waals surface area (Å²) in [5, 5.41) is 1.95. The highest BCUT2D eigenvalue weighted by Gasteiger charge is 2.32. The number of thiocarbonyl (C=S) groups is 1. The van der Waals surface area contributed by atoms with E-state index in [9.17, 15) is 9.59 Å². The van der Waals surface area contributed by atoms with Gasteiger partial charge in [-0.25, -0.2) is 0 Å². The van der Waals surface area contributed by atoms with Crippen LogP contribution in [0.5, 0.6) is 0 Å². The first kappa shape index (κ1) is 14.2. The fraction of sp³-hybridized carbons (Fsp3) is 0.250. The molecule has 0 bridgehead atoms. The maximum atomic E-state index is 12.1. The van der Waals surface area contributed by atoms with Crippen LogP contribution in [0.25, 0.3) is 6.08 Å². The minimum Gasteiger partial charge on any atom is -0.469 e. The molecular formula is C12H11NO3S3. The standard InChI is InChI=1S/C12H11NO3S3/c1-16-10(14)4-5-13-11(15)9(19-12(13)17)7-8-3-2-6-18-8/h2-3,6-7H,4-5H2,1H3. The monoisotopic (exact) mass is 313 g/mol. The first-order chi connectivity index (χ1) is 9.11. The number of nitrogens with zero attached hydrogens (tertiary/aromatic N) is 1. The van der Waals surface area contributed by atoms with Gasteiger partial charge in [-0.3, -0.25) is 14.5 Å². The summed E-state index contributed by atoms with van der Waals surface area (Å²) in [6.07, 6.45) is 1.97. The Labute approximate surface area is 124 Å². The predicted octanol–water partition coefficient (Wildman–Crippen LogP) is 2.51. The number of carbonyl (C=O) groups is 2. The van der Waals surface area contributed by atoms with Crippen LogP contribution in [-0.2, 0) is 14.3 Å². The number of hydrogen-bond acceptors (Lipinski definition) is 6. The summed E-state index contributed by atoms with van der Waals surface area (Å²) in [5.74, 6) is -0.497. The Morgan fingerprint density at radius 1 is 1.58 bits per heavy atom. The van der Waals surface area contributed by atoms with E-state index in [1.807, 2.05) is 23.6 Å². The van der Waals surface area contributed by atoms with Crippen molar-refractivity contribution in [1.82, 2.24) is 4.90 Å². The van der Waals surface area contributed by atoms with E-state index in [2.05, 4.69) is 4.74 Å². The second-order valence-electron chi connectivity index (χ2n) is 3.67. The minimum atomic E-state index is -0.351. The molecule has 0 saturated carbocycles. The van der Waals surface area contributed by atoms with E-state index in [-0.39, 0.29) is 24.8 Å². The van der Waals surface area contributed by atoms with Crippen LogP contribution in [-0.4, -0.2) is 34.8 Å². The van der Waals surface area contributed by atoms with Crippen LogP contribution < -0.4 is 0 Å². The molecule has 0 radical (unpaired) electrons. The molecule has 0 spiro atoms. The van der Waals surface area contributed by atoms with Crippen molar-refractivity contribution in [3.05, 3.63) is 27.3 Å². The average molecular weight is 313 g/mol. The molecule has 2 rings (SSSR count). The van der Waals surface area contributed by atoms with Crippen molar-refractivity contribution in [2.24, 2.45) is 0 Å². The third kappa shape index (κ3) is 3.43. The maximum absolute atomic E-state index is 12.1. The zero-order valence-electron chi connectivity index (χ0n) is 10.1. The molecule has 0 aliphatic carbocycles. The molecule has 0 N–H and O–H groups in total. The number of amides is 1. The average Bonchev–Trinajstić information content (AvgIpc) is 2.98. The van der Waals surface area contributed by atoms with E-state index >= 15 is 0 Å². The van der Waals surface area contributed by atoms with E-state index in [0.29, 0.717) is 9.23 Å². The molecule has 0 atom stereocenters. The normalized spacial score (nSPS) is 17.3. The summed E-state index contributed by atoms with van der Waals surface area (Å²) in [7, 11) is 1.32. The SMILES string of the molecule is COC(=O)CCN1C(=O)C(=Cc2cccs2)SC1=S. The Bertz CT molecular complexity index is 536. The Morgan fingerprint density at radius 2 is 2.37 bits per heavy atom. The molecule has 1 aliphatic heterocycles. The highest BCUT2D eigenvalue weighted by molar-refractivity contribution is 8.26. The lowest BCUT2D eigenvalue weighted by molar-refractivity contribution is -0.140. The summed E-state index contributed by atoms with van der Waals surface area (Å²) in [6, 6.07) is 3.86. The van der Waals surface area contributed by atoms with Crippen molar-refractivity contribution in [2.45, 2.75) is 6.42 Å². The van der Waals surface area contributed by atoms with Crippen molar-refractivity contribution in [3.8, 4) is 0 Å². The lowest BCUT2D eigenvalue weighted by Crippen LogP contribution is -2.30. The third-order valence-corrected chi connectivity index (χ3v) is 4.65. The molecule has 1 amide bonds. The molecular weight excluding hydrogens is 302 g/mol. The van der Waals surface area contributed by atoms with Crippen molar-refractivity contribution in [3.63, 3.8) is 0 Å². The summed E-state index contributed by atoms with van der Waals surface area (Å²) < 4.78 is 5.04. The number of ether oxygens (including phenoxy) is 1. The Balaban J connectivity index is 2.06. The molecule has 2 heterocycles. The van der Waals surface area contributed by atoms with E-state index in [4.69, 9.17) is 12.2 Å². The summed E-state index contributed by atoms with van der Waals surface area (Å²) in [5.41, 5.74) is 0. The second kappa shape index (κ2) is 6.31. The number of thioether (sulfide) groups is 1. The van der Waals surface area contributed by atoms with Crippen molar-refractivity contribution < 1.29 is 14.3 Å². The fourth-order valence-electron chi connectivity index (χ4n) is 1.50. The Hall–Kier alpha value is -1.18. The van der Waals surface area contributed by atoms with Gasteiger partial charge < -0.3 is 4.74 Å². The molecule has 0 unspecified atom stereocenters. The second-order valence-corrected chi connectivity index (χ2v) is 6.33. The van der Waals surface area contributed by atoms with Crippen LogP contribution in [0.15, 0.2) is 22.4 Å². The van der Waals surface area contributed by atoms with Crippen LogP contribution >= 0.6 is 35.3 Å². The van der Waals surface area contributed by atoms with Gasteiger partial charge in [0.1, 0.15) is 4.32 Å². The van der Waals surface area contributed by atoms with E-state index in [1.165, 1.54) is 23.8 Å². The zero-order valence-corrected chi connectivity index (χ0v) is 12.6. The quantitative estimate of drug-likeness (QED) is 0.485. The van der Waals surface area contributed by atoms with Crippen molar-refractivity contribution in [2.75, 3.05) is 13.7 Å². The molecule has 0 aromatic carbocycles. The van der Waals surface area contributed by atoms with Gasteiger partial charge in [0.2, 0.25) is 0 Å². The summed E-state index contributed by atoms with van der Waals surface area (Å²) >= 11 is 7.98. The van der Waals surface area contributed by atoms with Gasteiger partial charge in [0.15, 0.2) is 0 Å². The third-order valence-electron chi connectivity index (χ3n) is 2.46. The smallest absolute Gasteiger partial charge is 0.307 e. The minimum absolute atomic E-state index is 0.146. The summed E-state index contributed by atoms with van der Waals surface area (Å²) in [4.78, 5) is 26.3. The number of esters is 1. The van der Waals surface area contributed by atoms with Gasteiger partial charge in [-0.05, 0) is 17.5 Å². The van der Waals surface area contributed by atoms with Gasteiger partial charge >= 0.3 is 5.97 Å². The topological polar surface area (TPSA) is 46.6 Å². The van der Waals surface area contributed by atoms with Gasteiger partial charge in [0.25, 0.3) is 5.91 Å². The van der Waals surface area contributed by atoms with Crippen molar-refractivity contribution in [1.29, 1.82) is 0 Å². The molecule has 1 aromatic rings. The van der Waals surface area contributed by atoms with Gasteiger partial charge in [0, 0.05) is 11.4 Å². The van der Waals surface area contributed by atoms with Crippen LogP contribution in [0.3, 0.4) is 0 Å². The van der Waals surface area contributed by atoms with E-state index in [1.54, 1.807) is 11.3 Å². The first-order valence-corrected chi connectivity index (χ1v) is 7.58. The molecule has 1 saturated heterocycles. The highest BCUT2D eigenvalue weighted by atomic mass is 32.2. The van der Waals surface area contributed by atoms with Gasteiger partial charge in [0.05, 0.1) is 18.4 Å². The number of carbonyl (C=O) groups excluding carboxylic acids is 2. The largest absolute Gasteiger partial charge is 0.469 e. The number of thiophene rings is 1. The van der Waals surface area contributed by atoms with Gasteiger partial charge in [-0.1, -0.05) is 30.0 Å². The van der Waals surface area contributed by atoms with E-state index < -0.39 is 0 Å². The molecule has 7 heteroatoms. The summed E-state index contributed by atoms with van der Waals surface area (Å²) in [6.45, 7) is 0.263. The number of hydrogen-bond donors (Lipinski definition) is 0. The van der Waals surface area contributed by atoms with Gasteiger partial charge in [-0.2, -0.15) is 0 Å². The molecule has 1 fully saturated rings. The van der Waals surface area contributed by atoms with E-state index in [0.717, 1.165) is 4.88 Å². The number of rotatable bonds is 4. The number of methoxy groups -OCH3 is 1. The first-order valence-electron chi connectivity index (χ1n) is 5.47. The lowest BCUT2D eigenvalue weighted by Gasteiger charge is -2.12. The molecule has 4 nitrogen and oxygen atoms in total. The molecule has 1 aliphatic rings. The van der Waals surface area contributed by atoms with Crippen LogP contribution in [0.2, 0.25) is 0 Å². The molecule has 100 valence electrons. The van der Waals surface area contributed by atoms with Crippen LogP contribution in [0.4, 0.5) is 0 Å². The molecule has 19 heavy (non-hydrogen) atoms.